The van der Waals surface area contributed by atoms with E-state index in [4.69, 9.17) is 4.74 Å². The van der Waals surface area contributed by atoms with E-state index in [-0.39, 0.29) is 6.61 Å². The molecule has 0 atom stereocenters. The van der Waals surface area contributed by atoms with E-state index in [0.29, 0.717) is 0 Å². The number of benzene rings is 1. The second-order valence-electron chi connectivity index (χ2n) is 4.41. The van der Waals surface area contributed by atoms with E-state index in [0.717, 1.165) is 16.5 Å². The van der Waals surface area contributed by atoms with Gasteiger partial charge in [0.2, 0.25) is 0 Å². The number of para-hydroxylation sites is 1. The summed E-state index contributed by atoms with van der Waals surface area (Å²) in [5.41, 5.74) is 1.92. The lowest BCUT2D eigenvalue weighted by molar-refractivity contribution is 0.160. The summed E-state index contributed by atoms with van der Waals surface area (Å²) in [5, 5.41) is 1.08. The lowest BCUT2D eigenvalue weighted by atomic mass is 10.1. The maximum Gasteiger partial charge on any atom is 0.419 e. The number of carbonyl (C=O) groups excluding carboxylic acids is 1. The van der Waals surface area contributed by atoms with Crippen LogP contribution in [0.15, 0.2) is 61.3 Å². The molecule has 3 aromatic rings. The Morgan fingerprint density at radius 1 is 1.33 bits per heavy atom. The van der Waals surface area contributed by atoms with Crippen molar-refractivity contribution in [1.29, 1.82) is 0 Å². The fourth-order valence-electron chi connectivity index (χ4n) is 1.92. The van der Waals surface area contributed by atoms with Gasteiger partial charge >= 0.3 is 6.09 Å². The van der Waals surface area contributed by atoms with Crippen LogP contribution in [-0.4, -0.2) is 27.2 Å². The molecule has 3 rings (SSSR count). The zero-order valence-electron chi connectivity index (χ0n) is 11.2. The molecule has 104 valence electrons. The van der Waals surface area contributed by atoms with Gasteiger partial charge in [0.05, 0.1) is 5.52 Å². The molecule has 5 heteroatoms. The number of hydrogen-bond acceptors (Lipinski definition) is 4. The van der Waals surface area contributed by atoms with Gasteiger partial charge < -0.3 is 4.74 Å². The molecule has 0 fully saturated rings. The molecule has 0 aliphatic heterocycles. The standard InChI is InChI=1S/C16H13N3O2/c20-16(19-8-7-17-12-19)21-9-3-4-13-10-14-5-1-2-6-15(14)18-11-13/h1-8,10-12H,9H2/b4-3+. The number of pyridine rings is 1. The molecule has 0 radical (unpaired) electrons. The van der Waals surface area contributed by atoms with Crippen molar-refractivity contribution in [2.24, 2.45) is 0 Å². The summed E-state index contributed by atoms with van der Waals surface area (Å²) >= 11 is 0. The summed E-state index contributed by atoms with van der Waals surface area (Å²) in [6.45, 7) is 0.198. The zero-order chi connectivity index (χ0) is 14.5. The smallest absolute Gasteiger partial charge is 0.419 e. The molecule has 2 heterocycles. The molecule has 0 aliphatic carbocycles. The molecule has 0 N–H and O–H groups in total. The third kappa shape index (κ3) is 3.14. The summed E-state index contributed by atoms with van der Waals surface area (Å²) < 4.78 is 6.36. The van der Waals surface area contributed by atoms with Gasteiger partial charge in [-0.3, -0.25) is 4.98 Å². The predicted molar refractivity (Wildman–Crippen MR) is 79.8 cm³/mol. The van der Waals surface area contributed by atoms with Crippen LogP contribution in [0.5, 0.6) is 0 Å². The molecule has 0 aliphatic rings. The van der Waals surface area contributed by atoms with Crippen LogP contribution in [0.2, 0.25) is 0 Å². The summed E-state index contributed by atoms with van der Waals surface area (Å²) in [6, 6.07) is 9.95. The average Bonchev–Trinajstić information content (AvgIpc) is 3.06. The van der Waals surface area contributed by atoms with Gasteiger partial charge in [-0.1, -0.05) is 24.3 Å². The van der Waals surface area contributed by atoms with Gasteiger partial charge in [0.1, 0.15) is 12.9 Å². The van der Waals surface area contributed by atoms with Gasteiger partial charge in [0, 0.05) is 24.0 Å². The average molecular weight is 279 g/mol. The summed E-state index contributed by atoms with van der Waals surface area (Å²) in [4.78, 5) is 19.7. The lowest BCUT2D eigenvalue weighted by Crippen LogP contribution is -2.11. The van der Waals surface area contributed by atoms with Gasteiger partial charge in [-0.2, -0.15) is 0 Å². The van der Waals surface area contributed by atoms with Crippen molar-refractivity contribution < 1.29 is 9.53 Å². The van der Waals surface area contributed by atoms with Gasteiger partial charge in [0.15, 0.2) is 0 Å². The molecule has 0 spiro atoms. The fourth-order valence-corrected chi connectivity index (χ4v) is 1.92. The first-order chi connectivity index (χ1) is 10.3. The second-order valence-corrected chi connectivity index (χ2v) is 4.41. The molecular formula is C16H13N3O2. The van der Waals surface area contributed by atoms with Gasteiger partial charge in [-0.15, -0.1) is 0 Å². The SMILES string of the molecule is O=C(OC/C=C/c1cnc2ccccc2c1)n1ccnc1. The summed E-state index contributed by atoms with van der Waals surface area (Å²) in [5.74, 6) is 0. The fraction of sp³-hybridized carbons (Fsp3) is 0.0625. The molecule has 0 saturated carbocycles. The molecule has 21 heavy (non-hydrogen) atoms. The van der Waals surface area contributed by atoms with E-state index >= 15 is 0 Å². The number of rotatable bonds is 3. The van der Waals surface area contributed by atoms with Crippen LogP contribution in [-0.2, 0) is 4.74 Å². The third-order valence-corrected chi connectivity index (χ3v) is 2.94. The van der Waals surface area contributed by atoms with Crippen LogP contribution < -0.4 is 0 Å². The largest absolute Gasteiger partial charge is 0.445 e. The molecule has 1 aromatic carbocycles. The minimum atomic E-state index is -0.450. The van der Waals surface area contributed by atoms with E-state index in [1.807, 2.05) is 36.4 Å². The normalized spacial score (nSPS) is 11.0. The van der Waals surface area contributed by atoms with E-state index in [1.54, 1.807) is 18.5 Å². The Morgan fingerprint density at radius 3 is 3.10 bits per heavy atom. The Balaban J connectivity index is 1.61. The number of carbonyl (C=O) groups is 1. The minimum Gasteiger partial charge on any atom is -0.445 e. The lowest BCUT2D eigenvalue weighted by Gasteiger charge is -2.01. The highest BCUT2D eigenvalue weighted by Crippen LogP contribution is 2.13. The maximum absolute atomic E-state index is 11.5. The van der Waals surface area contributed by atoms with Crippen molar-refractivity contribution in [3.8, 4) is 0 Å². The van der Waals surface area contributed by atoms with Gasteiger partial charge in [0.25, 0.3) is 0 Å². The summed E-state index contributed by atoms with van der Waals surface area (Å²) in [7, 11) is 0. The predicted octanol–water partition coefficient (Wildman–Crippen LogP) is 3.13. The monoisotopic (exact) mass is 279 g/mol. The number of hydrogen-bond donors (Lipinski definition) is 0. The number of nitrogens with zero attached hydrogens (tertiary/aromatic N) is 3. The first-order valence-electron chi connectivity index (χ1n) is 6.49. The van der Waals surface area contributed by atoms with Crippen LogP contribution >= 0.6 is 0 Å². The zero-order valence-corrected chi connectivity index (χ0v) is 11.2. The van der Waals surface area contributed by atoms with E-state index in [9.17, 15) is 4.79 Å². The summed E-state index contributed by atoms with van der Waals surface area (Å²) in [6.07, 6.45) is 9.46. The van der Waals surface area contributed by atoms with Gasteiger partial charge in [-0.05, 0) is 23.8 Å². The van der Waals surface area contributed by atoms with E-state index in [2.05, 4.69) is 9.97 Å². The Bertz CT molecular complexity index is 779. The molecule has 0 bridgehead atoms. The number of ether oxygens (including phenoxy) is 1. The van der Waals surface area contributed by atoms with Crippen molar-refractivity contribution in [2.45, 2.75) is 0 Å². The Morgan fingerprint density at radius 2 is 2.24 bits per heavy atom. The van der Waals surface area contributed by atoms with Crippen molar-refractivity contribution in [3.63, 3.8) is 0 Å². The van der Waals surface area contributed by atoms with Crippen molar-refractivity contribution in [1.82, 2.24) is 14.5 Å². The van der Waals surface area contributed by atoms with E-state index < -0.39 is 6.09 Å². The number of aromatic nitrogens is 3. The number of imidazole rings is 1. The van der Waals surface area contributed by atoms with E-state index in [1.165, 1.54) is 17.1 Å². The Hall–Kier alpha value is -2.95. The number of fused-ring (bicyclic) bond motifs is 1. The van der Waals surface area contributed by atoms with Crippen LogP contribution in [0.3, 0.4) is 0 Å². The van der Waals surface area contributed by atoms with Crippen molar-refractivity contribution in [3.05, 3.63) is 66.9 Å². The molecule has 2 aromatic heterocycles. The highest BCUT2D eigenvalue weighted by Gasteiger charge is 2.02. The molecule has 0 saturated heterocycles. The highest BCUT2D eigenvalue weighted by molar-refractivity contribution is 5.80. The van der Waals surface area contributed by atoms with Crippen LogP contribution in [0, 0.1) is 0 Å². The third-order valence-electron chi connectivity index (χ3n) is 2.94. The maximum atomic E-state index is 11.5. The van der Waals surface area contributed by atoms with Crippen LogP contribution in [0.25, 0.3) is 17.0 Å². The molecule has 0 unspecified atom stereocenters. The van der Waals surface area contributed by atoms with Crippen molar-refractivity contribution in [2.75, 3.05) is 6.61 Å². The molecule has 5 nitrogen and oxygen atoms in total. The Labute approximate surface area is 121 Å². The molecular weight excluding hydrogens is 266 g/mol. The van der Waals surface area contributed by atoms with Gasteiger partial charge in [-0.25, -0.2) is 14.3 Å². The van der Waals surface area contributed by atoms with Crippen LogP contribution in [0.1, 0.15) is 5.56 Å². The quantitative estimate of drug-likeness (QED) is 0.739. The molecule has 0 amide bonds. The first-order valence-corrected chi connectivity index (χ1v) is 6.49. The minimum absolute atomic E-state index is 0.198. The highest BCUT2D eigenvalue weighted by atomic mass is 16.5. The first kappa shape index (κ1) is 13.1. The Kier molecular flexibility index (Phi) is 3.73. The second kappa shape index (κ2) is 6.00. The topological polar surface area (TPSA) is 57.0 Å². The van der Waals surface area contributed by atoms with Crippen molar-refractivity contribution >= 4 is 23.1 Å². The van der Waals surface area contributed by atoms with Crippen LogP contribution in [0.4, 0.5) is 4.79 Å².